The fourth-order valence-corrected chi connectivity index (χ4v) is 2.58. The van der Waals surface area contributed by atoms with Gasteiger partial charge in [-0.1, -0.05) is 13.8 Å². The first-order valence-corrected chi connectivity index (χ1v) is 6.94. The third kappa shape index (κ3) is 4.95. The lowest BCUT2D eigenvalue weighted by Crippen LogP contribution is -2.49. The summed E-state index contributed by atoms with van der Waals surface area (Å²) in [7, 11) is 0. The molecule has 6 heteroatoms. The molecule has 0 aliphatic carbocycles. The van der Waals surface area contributed by atoms with Crippen LogP contribution in [-0.4, -0.2) is 18.0 Å². The minimum atomic E-state index is -0.288. The molecule has 0 aliphatic rings. The SMILES string of the molecule is CCC(N)(CC)CNC(=O)c1ccc(Br)s1.Cl. The molecule has 98 valence electrons. The summed E-state index contributed by atoms with van der Waals surface area (Å²) in [4.78, 5) is 12.5. The van der Waals surface area contributed by atoms with Crippen LogP contribution in [0.4, 0.5) is 0 Å². The van der Waals surface area contributed by atoms with Crippen molar-refractivity contribution in [2.24, 2.45) is 5.73 Å². The monoisotopic (exact) mass is 340 g/mol. The molecule has 1 heterocycles. The van der Waals surface area contributed by atoms with Crippen molar-refractivity contribution in [3.05, 3.63) is 20.8 Å². The molecule has 0 bridgehead atoms. The van der Waals surface area contributed by atoms with Crippen LogP contribution in [0, 0.1) is 0 Å². The van der Waals surface area contributed by atoms with Crippen molar-refractivity contribution < 1.29 is 4.79 Å². The van der Waals surface area contributed by atoms with E-state index in [0.29, 0.717) is 11.4 Å². The minimum Gasteiger partial charge on any atom is -0.349 e. The number of hydrogen-bond acceptors (Lipinski definition) is 3. The smallest absolute Gasteiger partial charge is 0.261 e. The quantitative estimate of drug-likeness (QED) is 0.864. The Balaban J connectivity index is 0.00000256. The molecule has 1 rings (SSSR count). The number of carbonyl (C=O) groups excluding carboxylic acids is 1. The number of carbonyl (C=O) groups is 1. The van der Waals surface area contributed by atoms with Gasteiger partial charge in [-0.25, -0.2) is 0 Å². The van der Waals surface area contributed by atoms with Crippen molar-refractivity contribution >= 4 is 45.6 Å². The first-order valence-electron chi connectivity index (χ1n) is 5.33. The number of halogens is 2. The van der Waals surface area contributed by atoms with E-state index in [-0.39, 0.29) is 23.9 Å². The molecule has 0 aliphatic heterocycles. The van der Waals surface area contributed by atoms with Crippen LogP contribution in [0.5, 0.6) is 0 Å². The zero-order valence-corrected chi connectivity index (χ0v) is 13.2. The average Bonchev–Trinajstić information content (AvgIpc) is 2.72. The van der Waals surface area contributed by atoms with E-state index in [2.05, 4.69) is 21.2 Å². The van der Waals surface area contributed by atoms with Crippen LogP contribution in [0.15, 0.2) is 15.9 Å². The van der Waals surface area contributed by atoms with Crippen LogP contribution in [-0.2, 0) is 0 Å². The Bertz CT molecular complexity index is 366. The van der Waals surface area contributed by atoms with Gasteiger partial charge in [-0.2, -0.15) is 0 Å². The van der Waals surface area contributed by atoms with Gasteiger partial charge in [0.1, 0.15) is 0 Å². The lowest BCUT2D eigenvalue weighted by Gasteiger charge is -2.26. The Hall–Kier alpha value is -0.100. The Morgan fingerprint density at radius 3 is 2.47 bits per heavy atom. The third-order valence-corrected chi connectivity index (χ3v) is 4.43. The Morgan fingerprint density at radius 2 is 2.06 bits per heavy atom. The molecule has 17 heavy (non-hydrogen) atoms. The second-order valence-corrected chi connectivity index (χ2v) is 6.32. The predicted octanol–water partition coefficient (Wildman–Crippen LogP) is 3.18. The van der Waals surface area contributed by atoms with Crippen molar-refractivity contribution in [3.8, 4) is 0 Å². The molecule has 0 unspecified atom stereocenters. The van der Waals surface area contributed by atoms with Crippen molar-refractivity contribution in [1.29, 1.82) is 0 Å². The summed E-state index contributed by atoms with van der Waals surface area (Å²) in [5.74, 6) is -0.0487. The number of amides is 1. The highest BCUT2D eigenvalue weighted by Gasteiger charge is 2.21. The molecule has 0 atom stereocenters. The highest BCUT2D eigenvalue weighted by atomic mass is 79.9. The van der Waals surface area contributed by atoms with E-state index in [0.717, 1.165) is 16.6 Å². The summed E-state index contributed by atoms with van der Waals surface area (Å²) in [6.07, 6.45) is 1.72. The summed E-state index contributed by atoms with van der Waals surface area (Å²) in [5.41, 5.74) is 5.82. The molecule has 1 aromatic heterocycles. The van der Waals surface area contributed by atoms with E-state index >= 15 is 0 Å². The number of nitrogens with two attached hydrogens (primary N) is 1. The molecule has 1 amide bonds. The van der Waals surface area contributed by atoms with Crippen LogP contribution in [0.2, 0.25) is 0 Å². The number of hydrogen-bond donors (Lipinski definition) is 2. The van der Waals surface area contributed by atoms with Gasteiger partial charge in [-0.3, -0.25) is 4.79 Å². The lowest BCUT2D eigenvalue weighted by molar-refractivity contribution is 0.0946. The van der Waals surface area contributed by atoms with Gasteiger partial charge in [0.2, 0.25) is 0 Å². The first kappa shape index (κ1) is 16.9. The summed E-state index contributed by atoms with van der Waals surface area (Å²) in [6, 6.07) is 3.68. The summed E-state index contributed by atoms with van der Waals surface area (Å²) >= 11 is 4.76. The topological polar surface area (TPSA) is 55.1 Å². The second-order valence-electron chi connectivity index (χ2n) is 3.86. The van der Waals surface area contributed by atoms with Gasteiger partial charge in [0, 0.05) is 12.1 Å². The van der Waals surface area contributed by atoms with E-state index in [1.54, 1.807) is 6.07 Å². The fraction of sp³-hybridized carbons (Fsp3) is 0.545. The molecular weight excluding hydrogens is 324 g/mol. The van der Waals surface area contributed by atoms with E-state index in [1.165, 1.54) is 11.3 Å². The number of thiophene rings is 1. The van der Waals surface area contributed by atoms with Gasteiger partial charge in [0.05, 0.1) is 8.66 Å². The summed E-state index contributed by atoms with van der Waals surface area (Å²) in [6.45, 7) is 4.60. The molecule has 0 radical (unpaired) electrons. The van der Waals surface area contributed by atoms with Gasteiger partial charge >= 0.3 is 0 Å². The summed E-state index contributed by atoms with van der Waals surface area (Å²) < 4.78 is 0.961. The molecule has 0 saturated heterocycles. The first-order chi connectivity index (χ1) is 7.50. The lowest BCUT2D eigenvalue weighted by atomic mass is 9.94. The molecule has 0 fully saturated rings. The Labute approximate surface area is 121 Å². The average molecular weight is 342 g/mol. The zero-order valence-electron chi connectivity index (χ0n) is 9.96. The van der Waals surface area contributed by atoms with Crippen LogP contribution < -0.4 is 11.1 Å². The zero-order chi connectivity index (χ0) is 12.2. The third-order valence-electron chi connectivity index (χ3n) is 2.81. The second kappa shape index (κ2) is 7.36. The van der Waals surface area contributed by atoms with Gasteiger partial charge in [-0.15, -0.1) is 23.7 Å². The van der Waals surface area contributed by atoms with Gasteiger partial charge in [-0.05, 0) is 40.9 Å². The Kier molecular flexibility index (Phi) is 7.32. The molecule has 1 aromatic rings. The van der Waals surface area contributed by atoms with Crippen LogP contribution in [0.1, 0.15) is 36.4 Å². The van der Waals surface area contributed by atoms with Gasteiger partial charge in [0.25, 0.3) is 5.91 Å². The Morgan fingerprint density at radius 1 is 1.47 bits per heavy atom. The highest BCUT2D eigenvalue weighted by Crippen LogP contribution is 2.22. The molecular formula is C11H18BrClN2OS. The van der Waals surface area contributed by atoms with Crippen LogP contribution >= 0.6 is 39.7 Å². The maximum atomic E-state index is 11.8. The molecule has 0 aromatic carbocycles. The van der Waals surface area contributed by atoms with Crippen LogP contribution in [0.25, 0.3) is 0 Å². The molecule has 3 nitrogen and oxygen atoms in total. The molecule has 0 saturated carbocycles. The van der Waals surface area contributed by atoms with Crippen LogP contribution in [0.3, 0.4) is 0 Å². The maximum absolute atomic E-state index is 11.8. The predicted molar refractivity (Wildman–Crippen MR) is 79.1 cm³/mol. The normalized spacial score (nSPS) is 10.8. The van der Waals surface area contributed by atoms with E-state index in [1.807, 2.05) is 19.9 Å². The van der Waals surface area contributed by atoms with E-state index < -0.39 is 0 Å². The minimum absolute atomic E-state index is 0. The largest absolute Gasteiger partial charge is 0.349 e. The van der Waals surface area contributed by atoms with E-state index in [9.17, 15) is 4.79 Å². The van der Waals surface area contributed by atoms with Crippen molar-refractivity contribution in [2.75, 3.05) is 6.54 Å². The summed E-state index contributed by atoms with van der Waals surface area (Å²) in [5, 5.41) is 2.88. The molecule has 0 spiro atoms. The molecule has 3 N–H and O–H groups in total. The van der Waals surface area contributed by atoms with Crippen molar-refractivity contribution in [3.63, 3.8) is 0 Å². The highest BCUT2D eigenvalue weighted by molar-refractivity contribution is 9.11. The van der Waals surface area contributed by atoms with Gasteiger partial charge in [0.15, 0.2) is 0 Å². The number of nitrogens with one attached hydrogen (secondary N) is 1. The van der Waals surface area contributed by atoms with E-state index in [4.69, 9.17) is 5.73 Å². The maximum Gasteiger partial charge on any atom is 0.261 e. The van der Waals surface area contributed by atoms with Crippen molar-refractivity contribution in [1.82, 2.24) is 5.32 Å². The number of rotatable bonds is 5. The standard InChI is InChI=1S/C11H17BrN2OS.ClH/c1-3-11(13,4-2)7-14-10(15)8-5-6-9(12)16-8;/h5-6H,3-4,7,13H2,1-2H3,(H,14,15);1H. The fourth-order valence-electron chi connectivity index (χ4n) is 1.28. The van der Waals surface area contributed by atoms with Crippen molar-refractivity contribution in [2.45, 2.75) is 32.2 Å². The van der Waals surface area contributed by atoms with Gasteiger partial charge < -0.3 is 11.1 Å².